The van der Waals surface area contributed by atoms with Gasteiger partial charge in [-0.05, 0) is 31.4 Å². The number of carbonyl (C=O) groups is 2. The highest BCUT2D eigenvalue weighted by Crippen LogP contribution is 2.10. The summed E-state index contributed by atoms with van der Waals surface area (Å²) in [5.74, 6) is 0. The molecule has 0 bridgehead atoms. The van der Waals surface area contributed by atoms with Crippen LogP contribution in [0.4, 0.5) is 0 Å². The van der Waals surface area contributed by atoms with E-state index >= 15 is 0 Å². The molecule has 8 nitrogen and oxygen atoms in total. The summed E-state index contributed by atoms with van der Waals surface area (Å²) in [5, 5.41) is 7.79. The third kappa shape index (κ3) is 12.2. The van der Waals surface area contributed by atoms with Crippen LogP contribution in [-0.2, 0) is 19.3 Å². The molecule has 0 aliphatic heterocycles. The van der Waals surface area contributed by atoms with Gasteiger partial charge in [0.2, 0.25) is 0 Å². The largest absolute Gasteiger partial charge is 0.349 e. The van der Waals surface area contributed by atoms with E-state index in [1.807, 2.05) is 24.3 Å². The zero-order valence-electron chi connectivity index (χ0n) is 18.2. The minimum Gasteiger partial charge on any atom is -0.349 e. The summed E-state index contributed by atoms with van der Waals surface area (Å²) in [6.45, 7) is 5.53. The summed E-state index contributed by atoms with van der Waals surface area (Å²) in [4.78, 5) is 41.3. The molecular weight excluding hydrogens is 434 g/mol. The molecule has 0 N–H and O–H groups in total. The summed E-state index contributed by atoms with van der Waals surface area (Å²) in [6.07, 6.45) is 6.24. The normalized spacial score (nSPS) is 13.6. The van der Waals surface area contributed by atoms with Crippen LogP contribution in [0, 0.1) is 0 Å². The minimum atomic E-state index is -0.661. The molecule has 0 aliphatic carbocycles. The predicted octanol–water partition coefficient (Wildman–Crippen LogP) is 3.98. The number of hydrogen-bond donors (Lipinski definition) is 0. The van der Waals surface area contributed by atoms with Gasteiger partial charge in [0, 0.05) is 12.6 Å². The van der Waals surface area contributed by atoms with Crippen LogP contribution in [0.2, 0.25) is 0 Å². The lowest BCUT2D eigenvalue weighted by Gasteiger charge is -2.12. The number of aliphatic imine (C=N–C) groups is 2. The Labute approximate surface area is 188 Å². The molecule has 1 aromatic rings. The molecule has 168 valence electrons. The number of carbonyl (C=O) groups excluding carboxylic acids is 2. The Morgan fingerprint density at radius 3 is 2.16 bits per heavy atom. The van der Waals surface area contributed by atoms with Gasteiger partial charge in [0.05, 0.1) is 11.9 Å². The molecule has 3 atom stereocenters. The average molecular weight is 464 g/mol. The van der Waals surface area contributed by atoms with Crippen LogP contribution in [0.25, 0.3) is 0 Å². The van der Waals surface area contributed by atoms with Gasteiger partial charge in [-0.3, -0.25) is 19.6 Å². The molecule has 0 aliphatic rings. The highest BCUT2D eigenvalue weighted by Gasteiger charge is 2.11. The molecule has 1 rings (SSSR count). The van der Waals surface area contributed by atoms with Crippen molar-refractivity contribution in [2.24, 2.45) is 20.3 Å². The summed E-state index contributed by atoms with van der Waals surface area (Å²) in [5.41, 5.74) is 2.03. The standard InChI is InChI=1S/C21H30N4O4P2/c1-4-5-6-7-19(29-25-16(3)21(27)31)28-24-13-18-10-8-17(9-11-18)12-22-14-23-15(2)20(26)30/h8-13,19H,4-7,14,30-31H2,1-3H3/b22-12-,23-15+,24-13-,25-16-. The molecule has 0 saturated heterocycles. The minimum absolute atomic E-state index is 0.140. The van der Waals surface area contributed by atoms with Gasteiger partial charge < -0.3 is 9.68 Å². The lowest BCUT2D eigenvalue weighted by Crippen LogP contribution is -2.14. The predicted molar refractivity (Wildman–Crippen MR) is 132 cm³/mol. The summed E-state index contributed by atoms with van der Waals surface area (Å²) >= 11 is 0. The SMILES string of the molecule is CCCCCC(O/N=C\c1ccc(/C=N\C/N=C(\C)C(=O)P)cc1)O/N=C(/C)C(=O)P. The maximum absolute atomic E-state index is 11.2. The van der Waals surface area contributed by atoms with Gasteiger partial charge in [-0.1, -0.05) is 72.8 Å². The van der Waals surface area contributed by atoms with Crippen LogP contribution in [-0.4, -0.2) is 47.9 Å². The number of hydrogen-bond acceptors (Lipinski definition) is 8. The van der Waals surface area contributed by atoms with Crippen molar-refractivity contribution >= 4 is 53.4 Å². The molecule has 3 unspecified atom stereocenters. The van der Waals surface area contributed by atoms with Crippen LogP contribution in [0.15, 0.2) is 44.6 Å². The van der Waals surface area contributed by atoms with Gasteiger partial charge in [-0.25, -0.2) is 0 Å². The van der Waals surface area contributed by atoms with E-state index in [1.54, 1.807) is 26.3 Å². The Kier molecular flexibility index (Phi) is 13.4. The van der Waals surface area contributed by atoms with Gasteiger partial charge in [-0.15, -0.1) is 0 Å². The molecule has 10 heteroatoms. The Morgan fingerprint density at radius 2 is 1.58 bits per heavy atom. The van der Waals surface area contributed by atoms with Crippen molar-refractivity contribution in [2.45, 2.75) is 52.7 Å². The van der Waals surface area contributed by atoms with Crippen molar-refractivity contribution in [3.63, 3.8) is 0 Å². The molecule has 1 aromatic carbocycles. The van der Waals surface area contributed by atoms with E-state index in [0.29, 0.717) is 12.1 Å². The van der Waals surface area contributed by atoms with Gasteiger partial charge in [0.25, 0.3) is 6.29 Å². The Morgan fingerprint density at radius 1 is 0.968 bits per heavy atom. The molecule has 0 fully saturated rings. The summed E-state index contributed by atoms with van der Waals surface area (Å²) in [7, 11) is 4.13. The first-order valence-corrected chi connectivity index (χ1v) is 11.1. The maximum Gasteiger partial charge on any atom is 0.289 e. The average Bonchev–Trinajstić information content (AvgIpc) is 2.75. The first-order chi connectivity index (χ1) is 14.8. The highest BCUT2D eigenvalue weighted by molar-refractivity contribution is 7.45. The van der Waals surface area contributed by atoms with E-state index in [-0.39, 0.29) is 23.4 Å². The van der Waals surface area contributed by atoms with E-state index in [1.165, 1.54) is 0 Å². The van der Waals surface area contributed by atoms with E-state index in [0.717, 1.165) is 30.4 Å². The monoisotopic (exact) mass is 464 g/mol. The van der Waals surface area contributed by atoms with Crippen molar-refractivity contribution in [1.82, 2.24) is 0 Å². The number of unbranched alkanes of at least 4 members (excludes halogenated alkanes) is 2. The molecule has 0 aromatic heterocycles. The topological polar surface area (TPSA) is 102 Å². The van der Waals surface area contributed by atoms with Crippen molar-refractivity contribution < 1.29 is 19.3 Å². The first-order valence-electron chi connectivity index (χ1n) is 9.93. The van der Waals surface area contributed by atoms with Crippen LogP contribution in [0.5, 0.6) is 0 Å². The van der Waals surface area contributed by atoms with E-state index in [9.17, 15) is 9.59 Å². The fourth-order valence-electron chi connectivity index (χ4n) is 2.07. The highest BCUT2D eigenvalue weighted by atomic mass is 31.0. The fraction of sp³-hybridized carbons (Fsp3) is 0.429. The molecule has 0 saturated carbocycles. The quantitative estimate of drug-likeness (QED) is 0.137. The number of oxime groups is 2. The van der Waals surface area contributed by atoms with E-state index in [4.69, 9.17) is 9.68 Å². The van der Waals surface area contributed by atoms with Crippen LogP contribution in [0.3, 0.4) is 0 Å². The third-order valence-electron chi connectivity index (χ3n) is 4.01. The molecule has 0 radical (unpaired) electrons. The summed E-state index contributed by atoms with van der Waals surface area (Å²) < 4.78 is 0. The second-order valence-corrected chi connectivity index (χ2v) is 7.69. The zero-order valence-corrected chi connectivity index (χ0v) is 20.5. The van der Waals surface area contributed by atoms with Crippen molar-refractivity contribution in [3.8, 4) is 0 Å². The van der Waals surface area contributed by atoms with Crippen molar-refractivity contribution in [2.75, 3.05) is 6.67 Å². The van der Waals surface area contributed by atoms with Gasteiger partial charge in [0.15, 0.2) is 11.0 Å². The Hall–Kier alpha value is -2.30. The number of benzene rings is 1. The molecule has 0 amide bonds. The van der Waals surface area contributed by atoms with E-state index < -0.39 is 6.29 Å². The molecule has 31 heavy (non-hydrogen) atoms. The third-order valence-corrected chi connectivity index (χ3v) is 4.85. The van der Waals surface area contributed by atoms with Crippen LogP contribution in [0.1, 0.15) is 57.6 Å². The maximum atomic E-state index is 11.2. The molecular formula is C21H30N4O4P2. The molecule has 0 heterocycles. The lowest BCUT2D eigenvalue weighted by atomic mass is 10.2. The van der Waals surface area contributed by atoms with Crippen molar-refractivity contribution in [1.29, 1.82) is 0 Å². The first kappa shape index (κ1) is 26.7. The fourth-order valence-corrected chi connectivity index (χ4v) is 2.21. The second kappa shape index (κ2) is 15.5. The van der Waals surface area contributed by atoms with Gasteiger partial charge in [-0.2, -0.15) is 0 Å². The van der Waals surface area contributed by atoms with Crippen LogP contribution < -0.4 is 0 Å². The van der Waals surface area contributed by atoms with Gasteiger partial charge >= 0.3 is 0 Å². The Balaban J connectivity index is 2.62. The van der Waals surface area contributed by atoms with Crippen LogP contribution >= 0.6 is 18.5 Å². The lowest BCUT2D eigenvalue weighted by molar-refractivity contribution is -0.146. The van der Waals surface area contributed by atoms with Gasteiger partial charge in [0.1, 0.15) is 12.4 Å². The zero-order chi connectivity index (χ0) is 23.1. The number of nitrogens with zero attached hydrogens (tertiary/aromatic N) is 4. The second-order valence-electron chi connectivity index (χ2n) is 6.64. The van der Waals surface area contributed by atoms with E-state index in [2.05, 4.69) is 45.7 Å². The Bertz CT molecular complexity index is 836. The summed E-state index contributed by atoms with van der Waals surface area (Å²) in [6, 6.07) is 7.51. The molecule has 0 spiro atoms. The smallest absolute Gasteiger partial charge is 0.289 e. The number of rotatable bonds is 14. The van der Waals surface area contributed by atoms with Crippen molar-refractivity contribution in [3.05, 3.63) is 35.4 Å².